The number of hydrogen-bond acceptors (Lipinski definition) is 5. The lowest BCUT2D eigenvalue weighted by Crippen LogP contribution is -2.25. The first-order valence-corrected chi connectivity index (χ1v) is 11.3. The average Bonchev–Trinajstić information content (AvgIpc) is 3.30. The van der Waals surface area contributed by atoms with Crippen LogP contribution in [0.5, 0.6) is 11.5 Å². The summed E-state index contributed by atoms with van der Waals surface area (Å²) in [6.45, 7) is 2.53. The Morgan fingerprint density at radius 2 is 1.91 bits per heavy atom. The van der Waals surface area contributed by atoms with E-state index in [1.54, 1.807) is 32.7 Å². The van der Waals surface area contributed by atoms with Crippen LogP contribution in [0, 0.1) is 0 Å². The van der Waals surface area contributed by atoms with Gasteiger partial charge in [0.15, 0.2) is 0 Å². The molecule has 2 aromatic heterocycles. The number of amides is 1. The van der Waals surface area contributed by atoms with Gasteiger partial charge in [-0.15, -0.1) is 0 Å². The van der Waals surface area contributed by atoms with E-state index in [4.69, 9.17) is 14.6 Å². The molecule has 2 aromatic carbocycles. The van der Waals surface area contributed by atoms with Crippen molar-refractivity contribution in [3.8, 4) is 22.8 Å². The standard InChI is InChI=1S/C28H28N4O3/c1-20(25-16-24(34-2)12-13-26(25)35-3)30-27(33)14-11-23-19-32(18-21-8-5-4-6-9-21)31-28(23)22-10-7-15-29-17-22/h4-17,19-20H,18H2,1-3H3,(H,30,33). The van der Waals surface area contributed by atoms with Crippen molar-refractivity contribution in [2.75, 3.05) is 14.2 Å². The Morgan fingerprint density at radius 3 is 2.63 bits per heavy atom. The fraction of sp³-hybridized carbons (Fsp3) is 0.179. The van der Waals surface area contributed by atoms with Crippen molar-refractivity contribution >= 4 is 12.0 Å². The van der Waals surface area contributed by atoms with Crippen molar-refractivity contribution in [1.82, 2.24) is 20.1 Å². The van der Waals surface area contributed by atoms with E-state index in [-0.39, 0.29) is 11.9 Å². The lowest BCUT2D eigenvalue weighted by atomic mass is 10.1. The number of pyridine rings is 1. The summed E-state index contributed by atoms with van der Waals surface area (Å²) in [7, 11) is 3.21. The zero-order chi connectivity index (χ0) is 24.6. The molecule has 0 bridgehead atoms. The maximum atomic E-state index is 12.8. The molecular formula is C28H28N4O3. The zero-order valence-corrected chi connectivity index (χ0v) is 20.0. The number of nitrogens with one attached hydrogen (secondary N) is 1. The first-order chi connectivity index (χ1) is 17.1. The lowest BCUT2D eigenvalue weighted by Gasteiger charge is -2.17. The van der Waals surface area contributed by atoms with Crippen molar-refractivity contribution in [3.63, 3.8) is 0 Å². The summed E-state index contributed by atoms with van der Waals surface area (Å²) in [5.41, 5.74) is 4.45. The summed E-state index contributed by atoms with van der Waals surface area (Å²) in [5, 5.41) is 7.76. The second kappa shape index (κ2) is 11.2. The van der Waals surface area contributed by atoms with Gasteiger partial charge < -0.3 is 14.8 Å². The van der Waals surface area contributed by atoms with Crippen molar-refractivity contribution in [2.24, 2.45) is 0 Å². The third-order valence-corrected chi connectivity index (χ3v) is 5.59. The highest BCUT2D eigenvalue weighted by atomic mass is 16.5. The second-order valence-electron chi connectivity index (χ2n) is 8.03. The molecule has 0 aliphatic heterocycles. The van der Waals surface area contributed by atoms with Gasteiger partial charge in [0.25, 0.3) is 0 Å². The average molecular weight is 469 g/mol. The molecule has 1 atom stereocenters. The number of rotatable bonds is 9. The Morgan fingerprint density at radius 1 is 1.09 bits per heavy atom. The molecule has 1 unspecified atom stereocenters. The molecule has 0 radical (unpaired) electrons. The van der Waals surface area contributed by atoms with Crippen LogP contribution in [-0.2, 0) is 11.3 Å². The summed E-state index contributed by atoms with van der Waals surface area (Å²) in [5.74, 6) is 1.16. The van der Waals surface area contributed by atoms with Gasteiger partial charge in [-0.1, -0.05) is 30.3 Å². The number of carbonyl (C=O) groups is 1. The maximum absolute atomic E-state index is 12.8. The molecule has 0 aliphatic rings. The molecule has 7 heteroatoms. The maximum Gasteiger partial charge on any atom is 0.244 e. The summed E-state index contributed by atoms with van der Waals surface area (Å²) in [6.07, 6.45) is 8.73. The lowest BCUT2D eigenvalue weighted by molar-refractivity contribution is -0.117. The number of methoxy groups -OCH3 is 2. The molecular weight excluding hydrogens is 440 g/mol. The van der Waals surface area contributed by atoms with Crippen LogP contribution in [-0.4, -0.2) is 34.9 Å². The smallest absolute Gasteiger partial charge is 0.244 e. The molecule has 2 heterocycles. The normalized spacial score (nSPS) is 11.9. The van der Waals surface area contributed by atoms with Crippen molar-refractivity contribution in [3.05, 3.63) is 102 Å². The van der Waals surface area contributed by atoms with Gasteiger partial charge in [0.05, 0.1) is 26.8 Å². The van der Waals surface area contributed by atoms with E-state index >= 15 is 0 Å². The highest BCUT2D eigenvalue weighted by Gasteiger charge is 2.15. The quantitative estimate of drug-likeness (QED) is 0.354. The molecule has 0 fully saturated rings. The number of aromatic nitrogens is 3. The van der Waals surface area contributed by atoms with E-state index < -0.39 is 0 Å². The van der Waals surface area contributed by atoms with Crippen molar-refractivity contribution in [1.29, 1.82) is 0 Å². The Bertz CT molecular complexity index is 1300. The summed E-state index contributed by atoms with van der Waals surface area (Å²) >= 11 is 0. The number of carbonyl (C=O) groups excluding carboxylic acids is 1. The first-order valence-electron chi connectivity index (χ1n) is 11.3. The number of benzene rings is 2. The molecule has 0 aliphatic carbocycles. The molecule has 4 aromatic rings. The van der Waals surface area contributed by atoms with Crippen LogP contribution in [0.15, 0.2) is 85.3 Å². The Labute approximate surface area is 205 Å². The Kier molecular flexibility index (Phi) is 7.57. The van der Waals surface area contributed by atoms with Crippen LogP contribution in [0.4, 0.5) is 0 Å². The Hall–Kier alpha value is -4.39. The van der Waals surface area contributed by atoms with E-state index in [0.717, 1.165) is 27.9 Å². The van der Waals surface area contributed by atoms with Gasteiger partial charge in [-0.05, 0) is 48.9 Å². The van der Waals surface area contributed by atoms with Crippen LogP contribution in [0.3, 0.4) is 0 Å². The molecule has 35 heavy (non-hydrogen) atoms. The van der Waals surface area contributed by atoms with Crippen LogP contribution in [0.25, 0.3) is 17.3 Å². The fourth-order valence-corrected chi connectivity index (χ4v) is 3.82. The third-order valence-electron chi connectivity index (χ3n) is 5.59. The second-order valence-corrected chi connectivity index (χ2v) is 8.03. The van der Waals surface area contributed by atoms with E-state index in [1.807, 2.05) is 66.3 Å². The molecule has 0 saturated heterocycles. The van der Waals surface area contributed by atoms with E-state index in [9.17, 15) is 4.79 Å². The van der Waals surface area contributed by atoms with Gasteiger partial charge in [-0.25, -0.2) is 0 Å². The zero-order valence-electron chi connectivity index (χ0n) is 20.0. The highest BCUT2D eigenvalue weighted by molar-refractivity contribution is 5.93. The number of ether oxygens (including phenoxy) is 2. The summed E-state index contributed by atoms with van der Waals surface area (Å²) in [4.78, 5) is 17.0. The van der Waals surface area contributed by atoms with Gasteiger partial charge >= 0.3 is 0 Å². The van der Waals surface area contributed by atoms with Crippen LogP contribution >= 0.6 is 0 Å². The molecule has 1 amide bonds. The fourth-order valence-electron chi connectivity index (χ4n) is 3.82. The molecule has 0 spiro atoms. The number of nitrogens with zero attached hydrogens (tertiary/aromatic N) is 3. The Balaban J connectivity index is 1.55. The van der Waals surface area contributed by atoms with Crippen molar-refractivity contribution in [2.45, 2.75) is 19.5 Å². The van der Waals surface area contributed by atoms with Gasteiger partial charge in [-0.2, -0.15) is 5.10 Å². The van der Waals surface area contributed by atoms with E-state index in [2.05, 4.69) is 22.4 Å². The highest BCUT2D eigenvalue weighted by Crippen LogP contribution is 2.29. The van der Waals surface area contributed by atoms with E-state index in [1.165, 1.54) is 6.08 Å². The van der Waals surface area contributed by atoms with Crippen LogP contribution < -0.4 is 14.8 Å². The van der Waals surface area contributed by atoms with Gasteiger partial charge in [-0.3, -0.25) is 14.5 Å². The van der Waals surface area contributed by atoms with E-state index in [0.29, 0.717) is 18.0 Å². The van der Waals surface area contributed by atoms with Gasteiger partial charge in [0, 0.05) is 41.4 Å². The minimum absolute atomic E-state index is 0.227. The molecule has 178 valence electrons. The molecule has 4 rings (SSSR count). The third kappa shape index (κ3) is 5.95. The van der Waals surface area contributed by atoms with Crippen molar-refractivity contribution < 1.29 is 14.3 Å². The van der Waals surface area contributed by atoms with Gasteiger partial charge in [0.1, 0.15) is 17.2 Å². The largest absolute Gasteiger partial charge is 0.497 e. The summed E-state index contributed by atoms with van der Waals surface area (Å²) in [6, 6.07) is 19.2. The van der Waals surface area contributed by atoms with Gasteiger partial charge in [0.2, 0.25) is 5.91 Å². The minimum atomic E-state index is -0.282. The summed E-state index contributed by atoms with van der Waals surface area (Å²) < 4.78 is 12.6. The minimum Gasteiger partial charge on any atom is -0.497 e. The predicted octanol–water partition coefficient (Wildman–Crippen LogP) is 4.90. The first kappa shape index (κ1) is 23.8. The molecule has 0 saturated carbocycles. The monoisotopic (exact) mass is 468 g/mol. The molecule has 7 nitrogen and oxygen atoms in total. The molecule has 1 N–H and O–H groups in total. The van der Waals surface area contributed by atoms with Crippen LogP contribution in [0.2, 0.25) is 0 Å². The number of hydrogen-bond donors (Lipinski definition) is 1. The van der Waals surface area contributed by atoms with Crippen LogP contribution in [0.1, 0.15) is 29.7 Å². The SMILES string of the molecule is COc1ccc(OC)c(C(C)NC(=O)C=Cc2cn(Cc3ccccc3)nc2-c2cccnc2)c1. The predicted molar refractivity (Wildman–Crippen MR) is 136 cm³/mol. The topological polar surface area (TPSA) is 78.3 Å².